The summed E-state index contributed by atoms with van der Waals surface area (Å²) in [4.78, 5) is 25.9. The first kappa shape index (κ1) is 19.9. The van der Waals surface area contributed by atoms with Crippen LogP contribution in [-0.2, 0) is 19.1 Å². The van der Waals surface area contributed by atoms with Crippen molar-refractivity contribution in [3.8, 4) is 0 Å². The number of amides is 1. The van der Waals surface area contributed by atoms with Crippen molar-refractivity contribution in [2.75, 3.05) is 33.4 Å². The smallest absolute Gasteiger partial charge is 0.310 e. The molecule has 0 aliphatic heterocycles. The molecule has 0 aromatic heterocycles. The molecule has 0 aliphatic rings. The highest BCUT2D eigenvalue weighted by Gasteiger charge is 2.25. The van der Waals surface area contributed by atoms with Crippen LogP contribution in [0.25, 0.3) is 0 Å². The Labute approximate surface area is 129 Å². The van der Waals surface area contributed by atoms with E-state index in [1.807, 2.05) is 20.8 Å². The van der Waals surface area contributed by atoms with E-state index < -0.39 is 0 Å². The van der Waals surface area contributed by atoms with Gasteiger partial charge < -0.3 is 14.4 Å². The highest BCUT2D eigenvalue weighted by molar-refractivity contribution is 5.80. The van der Waals surface area contributed by atoms with Crippen molar-refractivity contribution in [1.29, 1.82) is 0 Å². The van der Waals surface area contributed by atoms with E-state index in [4.69, 9.17) is 9.47 Å². The first-order valence-corrected chi connectivity index (χ1v) is 7.95. The zero-order valence-corrected chi connectivity index (χ0v) is 14.2. The van der Waals surface area contributed by atoms with Crippen LogP contribution in [0.4, 0.5) is 0 Å². The molecule has 0 aromatic carbocycles. The van der Waals surface area contributed by atoms with Gasteiger partial charge in [0.25, 0.3) is 0 Å². The highest BCUT2D eigenvalue weighted by Crippen LogP contribution is 2.14. The van der Waals surface area contributed by atoms with Gasteiger partial charge in [-0.25, -0.2) is 0 Å². The summed E-state index contributed by atoms with van der Waals surface area (Å²) >= 11 is 0. The van der Waals surface area contributed by atoms with Crippen LogP contribution in [0.5, 0.6) is 0 Å². The van der Waals surface area contributed by atoms with Gasteiger partial charge in [-0.15, -0.1) is 0 Å². The van der Waals surface area contributed by atoms with Crippen LogP contribution in [0.15, 0.2) is 0 Å². The molecule has 1 amide bonds. The van der Waals surface area contributed by atoms with Crippen LogP contribution >= 0.6 is 0 Å². The maximum Gasteiger partial charge on any atom is 0.310 e. The Kier molecular flexibility index (Phi) is 10.9. The number of carbonyl (C=O) groups is 2. The monoisotopic (exact) mass is 301 g/mol. The van der Waals surface area contributed by atoms with Crippen LogP contribution in [0.2, 0.25) is 0 Å². The van der Waals surface area contributed by atoms with Gasteiger partial charge in [-0.2, -0.15) is 0 Å². The molecule has 0 spiro atoms. The maximum atomic E-state index is 12.5. The molecule has 0 fully saturated rings. The summed E-state index contributed by atoms with van der Waals surface area (Å²) in [7, 11) is 1.38. The highest BCUT2D eigenvalue weighted by atomic mass is 16.5. The number of carbonyl (C=O) groups excluding carboxylic acids is 2. The van der Waals surface area contributed by atoms with Crippen LogP contribution in [0.1, 0.15) is 47.0 Å². The number of methoxy groups -OCH3 is 1. The van der Waals surface area contributed by atoms with E-state index in [0.717, 1.165) is 19.3 Å². The fourth-order valence-electron chi connectivity index (χ4n) is 2.30. The van der Waals surface area contributed by atoms with Crippen molar-refractivity contribution in [2.45, 2.75) is 47.0 Å². The van der Waals surface area contributed by atoms with Crippen LogP contribution in [-0.4, -0.2) is 50.2 Å². The van der Waals surface area contributed by atoms with Crippen molar-refractivity contribution < 1.29 is 19.1 Å². The Morgan fingerprint density at radius 1 is 1.14 bits per heavy atom. The predicted molar refractivity (Wildman–Crippen MR) is 82.9 cm³/mol. The van der Waals surface area contributed by atoms with Crippen LogP contribution in [0, 0.1) is 11.8 Å². The SMILES string of the molecule is CCOCCCN(CC(C)C(=O)OC)C(=O)C(CC)CC. The lowest BCUT2D eigenvalue weighted by Crippen LogP contribution is -2.41. The van der Waals surface area contributed by atoms with E-state index in [2.05, 4.69) is 0 Å². The first-order valence-electron chi connectivity index (χ1n) is 7.95. The lowest BCUT2D eigenvalue weighted by molar-refractivity contribution is -0.147. The summed E-state index contributed by atoms with van der Waals surface area (Å²) in [5, 5.41) is 0. The molecule has 1 unspecified atom stereocenters. The number of ether oxygens (including phenoxy) is 2. The molecule has 0 rings (SSSR count). The van der Waals surface area contributed by atoms with Crippen molar-refractivity contribution in [3.63, 3.8) is 0 Å². The van der Waals surface area contributed by atoms with Crippen molar-refractivity contribution in [2.24, 2.45) is 11.8 Å². The van der Waals surface area contributed by atoms with Gasteiger partial charge in [0.2, 0.25) is 5.91 Å². The standard InChI is InChI=1S/C16H31NO4/c1-6-14(7-2)15(18)17(10-9-11-21-8-3)12-13(4)16(19)20-5/h13-14H,6-12H2,1-5H3. The minimum Gasteiger partial charge on any atom is -0.469 e. The molecule has 1 atom stereocenters. The molecule has 0 aromatic rings. The van der Waals surface area contributed by atoms with E-state index >= 15 is 0 Å². The minimum absolute atomic E-state index is 0.0296. The minimum atomic E-state index is -0.305. The third-order valence-corrected chi connectivity index (χ3v) is 3.67. The van der Waals surface area contributed by atoms with E-state index in [9.17, 15) is 9.59 Å². The van der Waals surface area contributed by atoms with Crippen molar-refractivity contribution >= 4 is 11.9 Å². The zero-order valence-electron chi connectivity index (χ0n) is 14.2. The Bertz CT molecular complexity index is 303. The number of hydrogen-bond donors (Lipinski definition) is 0. The fourth-order valence-corrected chi connectivity index (χ4v) is 2.30. The van der Waals surface area contributed by atoms with Gasteiger partial charge in [0.1, 0.15) is 0 Å². The lowest BCUT2D eigenvalue weighted by atomic mass is 10.0. The quantitative estimate of drug-likeness (QED) is 0.434. The van der Waals surface area contributed by atoms with Gasteiger partial charge in [-0.05, 0) is 26.2 Å². The van der Waals surface area contributed by atoms with Crippen LogP contribution in [0.3, 0.4) is 0 Å². The summed E-state index contributed by atoms with van der Waals surface area (Å²) in [6.07, 6.45) is 2.43. The van der Waals surface area contributed by atoms with Crippen molar-refractivity contribution in [3.05, 3.63) is 0 Å². The number of rotatable bonds is 11. The Balaban J connectivity index is 4.66. The molecule has 0 N–H and O–H groups in total. The van der Waals surface area contributed by atoms with Crippen molar-refractivity contribution in [1.82, 2.24) is 4.90 Å². The molecule has 0 aliphatic carbocycles. The third kappa shape index (κ3) is 7.46. The fraction of sp³-hybridized carbons (Fsp3) is 0.875. The topological polar surface area (TPSA) is 55.8 Å². The molecule has 0 bridgehead atoms. The molecule has 0 saturated carbocycles. The number of hydrogen-bond acceptors (Lipinski definition) is 4. The molecular weight excluding hydrogens is 270 g/mol. The molecule has 124 valence electrons. The molecule has 0 heterocycles. The largest absolute Gasteiger partial charge is 0.469 e. The Morgan fingerprint density at radius 3 is 2.24 bits per heavy atom. The second-order valence-corrected chi connectivity index (χ2v) is 5.27. The van der Waals surface area contributed by atoms with Gasteiger partial charge in [0.05, 0.1) is 13.0 Å². The molecule has 0 saturated heterocycles. The summed E-state index contributed by atoms with van der Waals surface area (Å²) in [5.74, 6) is -0.420. The summed E-state index contributed by atoms with van der Waals surface area (Å²) < 4.78 is 10.1. The van der Waals surface area contributed by atoms with Gasteiger partial charge in [0, 0.05) is 32.2 Å². The normalized spacial score (nSPS) is 12.3. The predicted octanol–water partition coefficient (Wildman–Crippen LogP) is 2.49. The molecular formula is C16H31NO4. The second-order valence-electron chi connectivity index (χ2n) is 5.27. The molecule has 21 heavy (non-hydrogen) atoms. The maximum absolute atomic E-state index is 12.5. The summed E-state index contributed by atoms with van der Waals surface area (Å²) in [6, 6.07) is 0. The Morgan fingerprint density at radius 2 is 1.76 bits per heavy atom. The van der Waals surface area contributed by atoms with E-state index in [-0.39, 0.29) is 23.7 Å². The first-order chi connectivity index (χ1) is 10.0. The van der Waals surface area contributed by atoms with E-state index in [1.54, 1.807) is 11.8 Å². The third-order valence-electron chi connectivity index (χ3n) is 3.67. The second kappa shape index (κ2) is 11.5. The summed E-state index contributed by atoms with van der Waals surface area (Å²) in [5.41, 5.74) is 0. The van der Waals surface area contributed by atoms with Crippen LogP contribution < -0.4 is 0 Å². The number of nitrogens with zero attached hydrogens (tertiary/aromatic N) is 1. The van der Waals surface area contributed by atoms with E-state index in [1.165, 1.54) is 7.11 Å². The average molecular weight is 301 g/mol. The average Bonchev–Trinajstić information content (AvgIpc) is 2.50. The lowest BCUT2D eigenvalue weighted by Gasteiger charge is -2.28. The molecule has 0 radical (unpaired) electrons. The molecule has 5 nitrogen and oxygen atoms in total. The van der Waals surface area contributed by atoms with Gasteiger partial charge >= 0.3 is 5.97 Å². The summed E-state index contributed by atoms with van der Waals surface area (Å²) in [6.45, 7) is 10.1. The Hall–Kier alpha value is -1.10. The number of esters is 1. The zero-order chi connectivity index (χ0) is 16.3. The van der Waals surface area contributed by atoms with Gasteiger partial charge in [-0.3, -0.25) is 9.59 Å². The molecule has 5 heteroatoms. The van der Waals surface area contributed by atoms with Gasteiger partial charge in [0.15, 0.2) is 0 Å². The van der Waals surface area contributed by atoms with E-state index in [0.29, 0.717) is 26.3 Å². The van der Waals surface area contributed by atoms with Gasteiger partial charge in [-0.1, -0.05) is 20.8 Å².